The average Bonchev–Trinajstić information content (AvgIpc) is 3.10. The van der Waals surface area contributed by atoms with E-state index < -0.39 is 0 Å². The van der Waals surface area contributed by atoms with E-state index in [1.807, 2.05) is 0 Å². The van der Waals surface area contributed by atoms with Gasteiger partial charge >= 0.3 is 0 Å². The molecule has 0 saturated heterocycles. The minimum atomic E-state index is -0.239. The lowest BCUT2D eigenvalue weighted by Crippen LogP contribution is -2.08. The van der Waals surface area contributed by atoms with Crippen molar-refractivity contribution in [2.75, 3.05) is 24.3 Å². The molecule has 0 spiro atoms. The molecule has 0 aliphatic carbocycles. The molecule has 0 aliphatic heterocycles. The first kappa shape index (κ1) is 21.6. The number of nitrogens with zero attached hydrogens (tertiary/aromatic N) is 3. The van der Waals surface area contributed by atoms with Gasteiger partial charge in [0.25, 0.3) is 0 Å². The summed E-state index contributed by atoms with van der Waals surface area (Å²) < 4.78 is 15.4. The van der Waals surface area contributed by atoms with E-state index in [1.54, 1.807) is 35.0 Å². The van der Waals surface area contributed by atoms with Crippen molar-refractivity contribution >= 4 is 17.3 Å². The molecule has 0 amide bonds. The van der Waals surface area contributed by atoms with E-state index >= 15 is 0 Å². The number of aromatic nitrogens is 3. The Morgan fingerprint density at radius 1 is 1.18 bits per heavy atom. The van der Waals surface area contributed by atoms with Crippen molar-refractivity contribution in [1.29, 1.82) is 0 Å². The topological polar surface area (TPSA) is 109 Å². The Bertz CT molecular complexity index is 878. The molecule has 0 aliphatic rings. The van der Waals surface area contributed by atoms with Crippen LogP contribution in [0, 0.1) is 5.82 Å². The molecular formula is C20H28FN5O2. The molecular weight excluding hydrogens is 361 g/mol. The fourth-order valence-electron chi connectivity index (χ4n) is 2.58. The molecule has 0 fully saturated rings. The standard InChI is InChI=1S/C16H18FN5.C4H10O2/c1-10(2)12-9-20-22-15(7-14(18)21-16(12)22)19-8-11-5-3-4-6-13(11)17;5-3-1-2-4-6/h3-7,9-10,19H,8H2,1-2H3,(H2,18,21);5-6H,1-4H2. The fraction of sp³-hybridized carbons (Fsp3) is 0.400. The second kappa shape index (κ2) is 10.6. The van der Waals surface area contributed by atoms with Crippen LogP contribution in [-0.4, -0.2) is 38.0 Å². The maximum absolute atomic E-state index is 13.7. The largest absolute Gasteiger partial charge is 0.396 e. The van der Waals surface area contributed by atoms with Crippen molar-refractivity contribution in [1.82, 2.24) is 14.6 Å². The highest BCUT2D eigenvalue weighted by Gasteiger charge is 2.13. The van der Waals surface area contributed by atoms with E-state index in [9.17, 15) is 4.39 Å². The van der Waals surface area contributed by atoms with Gasteiger partial charge in [-0.2, -0.15) is 9.61 Å². The molecule has 1 aromatic carbocycles. The zero-order valence-corrected chi connectivity index (χ0v) is 16.3. The number of fused-ring (bicyclic) bond motifs is 1. The smallest absolute Gasteiger partial charge is 0.163 e. The Hall–Kier alpha value is -2.71. The van der Waals surface area contributed by atoms with Gasteiger partial charge in [-0.3, -0.25) is 0 Å². The minimum absolute atomic E-state index is 0.195. The molecule has 0 saturated carbocycles. The van der Waals surface area contributed by atoms with Gasteiger partial charge < -0.3 is 21.3 Å². The summed E-state index contributed by atoms with van der Waals surface area (Å²) in [6.07, 6.45) is 3.23. The first-order valence-electron chi connectivity index (χ1n) is 9.31. The minimum Gasteiger partial charge on any atom is -0.396 e. The van der Waals surface area contributed by atoms with Crippen LogP contribution in [0.1, 0.15) is 43.7 Å². The number of benzene rings is 1. The summed E-state index contributed by atoms with van der Waals surface area (Å²) in [6.45, 7) is 4.89. The highest BCUT2D eigenvalue weighted by molar-refractivity contribution is 5.59. The number of aliphatic hydroxyl groups is 2. The first-order valence-corrected chi connectivity index (χ1v) is 9.31. The van der Waals surface area contributed by atoms with E-state index in [-0.39, 0.29) is 19.0 Å². The van der Waals surface area contributed by atoms with Gasteiger partial charge in [-0.15, -0.1) is 0 Å². The summed E-state index contributed by atoms with van der Waals surface area (Å²) >= 11 is 0. The first-order chi connectivity index (χ1) is 13.5. The molecule has 7 nitrogen and oxygen atoms in total. The molecule has 152 valence electrons. The van der Waals surface area contributed by atoms with E-state index in [2.05, 4.69) is 29.2 Å². The zero-order chi connectivity index (χ0) is 20.5. The van der Waals surface area contributed by atoms with Crippen LogP contribution in [0.5, 0.6) is 0 Å². The lowest BCUT2D eigenvalue weighted by Gasteiger charge is -2.10. The molecule has 0 unspecified atom stereocenters. The highest BCUT2D eigenvalue weighted by atomic mass is 19.1. The Morgan fingerprint density at radius 2 is 1.86 bits per heavy atom. The van der Waals surface area contributed by atoms with Crippen molar-refractivity contribution in [3.05, 3.63) is 53.5 Å². The van der Waals surface area contributed by atoms with Crippen molar-refractivity contribution in [3.63, 3.8) is 0 Å². The fourth-order valence-corrected chi connectivity index (χ4v) is 2.58. The van der Waals surface area contributed by atoms with Crippen LogP contribution in [0.15, 0.2) is 36.5 Å². The number of unbranched alkanes of at least 4 members (excludes halogenated alkanes) is 1. The van der Waals surface area contributed by atoms with Crippen LogP contribution in [0.3, 0.4) is 0 Å². The van der Waals surface area contributed by atoms with Crippen molar-refractivity contribution in [2.24, 2.45) is 0 Å². The predicted octanol–water partition coefficient (Wildman–Crippen LogP) is 2.94. The Labute approximate surface area is 164 Å². The van der Waals surface area contributed by atoms with Crippen molar-refractivity contribution in [2.45, 2.75) is 39.2 Å². The Balaban J connectivity index is 0.000000409. The molecule has 3 aromatic rings. The molecule has 3 rings (SSSR count). The molecule has 0 radical (unpaired) electrons. The number of aliphatic hydroxyl groups excluding tert-OH is 2. The van der Waals surface area contributed by atoms with E-state index in [1.165, 1.54) is 6.07 Å². The normalized spacial score (nSPS) is 10.8. The summed E-state index contributed by atoms with van der Waals surface area (Å²) in [5.41, 5.74) is 8.23. The SMILES string of the molecule is CC(C)c1cnn2c(NCc3ccccc3F)cc(N)nc12.OCCCCO. The number of nitrogens with two attached hydrogens (primary N) is 1. The number of nitrogen functional groups attached to an aromatic ring is 1. The third-order valence-electron chi connectivity index (χ3n) is 4.12. The molecule has 5 N–H and O–H groups in total. The van der Waals surface area contributed by atoms with Gasteiger partial charge in [-0.25, -0.2) is 9.37 Å². The zero-order valence-electron chi connectivity index (χ0n) is 16.3. The number of halogens is 1. The van der Waals surface area contributed by atoms with E-state index in [0.717, 1.165) is 24.1 Å². The van der Waals surface area contributed by atoms with E-state index in [0.29, 0.717) is 29.7 Å². The lowest BCUT2D eigenvalue weighted by atomic mass is 10.1. The maximum Gasteiger partial charge on any atom is 0.163 e. The van der Waals surface area contributed by atoms with Gasteiger partial charge in [0.15, 0.2) is 5.65 Å². The van der Waals surface area contributed by atoms with Crippen molar-refractivity contribution < 1.29 is 14.6 Å². The van der Waals surface area contributed by atoms with Crippen LogP contribution >= 0.6 is 0 Å². The number of anilines is 2. The van der Waals surface area contributed by atoms with Crippen LogP contribution in [0.25, 0.3) is 5.65 Å². The Kier molecular flexibility index (Phi) is 8.16. The number of hydrogen-bond donors (Lipinski definition) is 4. The second-order valence-corrected chi connectivity index (χ2v) is 6.66. The summed E-state index contributed by atoms with van der Waals surface area (Å²) in [5.74, 6) is 1.16. The Morgan fingerprint density at radius 3 is 2.46 bits per heavy atom. The molecule has 8 heteroatoms. The third kappa shape index (κ3) is 5.64. The van der Waals surface area contributed by atoms with Gasteiger partial charge in [0.2, 0.25) is 0 Å². The predicted molar refractivity (Wildman–Crippen MR) is 109 cm³/mol. The summed E-state index contributed by atoms with van der Waals surface area (Å²) in [4.78, 5) is 4.35. The molecule has 2 aromatic heterocycles. The number of hydrogen-bond acceptors (Lipinski definition) is 6. The van der Waals surface area contributed by atoms with Crippen molar-refractivity contribution in [3.8, 4) is 0 Å². The number of nitrogens with one attached hydrogen (secondary N) is 1. The van der Waals surface area contributed by atoms with Crippen LogP contribution in [0.4, 0.5) is 16.0 Å². The molecule has 28 heavy (non-hydrogen) atoms. The second-order valence-electron chi connectivity index (χ2n) is 6.66. The van der Waals surface area contributed by atoms with Crippen LogP contribution in [-0.2, 0) is 6.54 Å². The van der Waals surface area contributed by atoms with Gasteiger partial charge in [0, 0.05) is 37.0 Å². The summed E-state index contributed by atoms with van der Waals surface area (Å²) in [7, 11) is 0. The monoisotopic (exact) mass is 389 g/mol. The lowest BCUT2D eigenvalue weighted by molar-refractivity contribution is 0.242. The van der Waals surface area contributed by atoms with Gasteiger partial charge in [0.05, 0.1) is 6.20 Å². The van der Waals surface area contributed by atoms with Gasteiger partial charge in [0.1, 0.15) is 17.5 Å². The molecule has 2 heterocycles. The quantitative estimate of drug-likeness (QED) is 0.463. The molecule has 0 bridgehead atoms. The van der Waals surface area contributed by atoms with Crippen LogP contribution < -0.4 is 11.1 Å². The number of rotatable bonds is 7. The highest BCUT2D eigenvalue weighted by Crippen LogP contribution is 2.23. The molecule has 0 atom stereocenters. The third-order valence-corrected chi connectivity index (χ3v) is 4.12. The summed E-state index contributed by atoms with van der Waals surface area (Å²) in [6, 6.07) is 8.36. The maximum atomic E-state index is 13.7. The van der Waals surface area contributed by atoms with Gasteiger partial charge in [-0.05, 0) is 24.8 Å². The van der Waals surface area contributed by atoms with Gasteiger partial charge in [-0.1, -0.05) is 32.0 Å². The average molecular weight is 389 g/mol. The summed E-state index contributed by atoms with van der Waals surface area (Å²) in [5, 5.41) is 23.7. The van der Waals surface area contributed by atoms with Crippen LogP contribution in [0.2, 0.25) is 0 Å². The van der Waals surface area contributed by atoms with E-state index in [4.69, 9.17) is 15.9 Å².